The number of amidine groups is 1. The number of hydrogen-bond donors (Lipinski definition) is 3. The summed E-state index contributed by atoms with van der Waals surface area (Å²) in [6.45, 7) is 5.08. The molecule has 1 heterocycles. The molecular formula is C10H17N5O2. The number of nitrogens with zero attached hydrogens (tertiary/aromatic N) is 3. The first kappa shape index (κ1) is 13.0. The first-order chi connectivity index (χ1) is 7.79. The number of aromatic nitrogens is 2. The number of hydrogen-bond acceptors (Lipinski definition) is 4. The number of rotatable bonds is 3. The van der Waals surface area contributed by atoms with E-state index in [2.05, 4.69) is 15.6 Å². The Balaban J connectivity index is 2.91. The van der Waals surface area contributed by atoms with Crippen molar-refractivity contribution in [1.29, 1.82) is 0 Å². The van der Waals surface area contributed by atoms with E-state index in [4.69, 9.17) is 10.9 Å². The SMILES string of the molecule is Cc1c(C(=O)NC(C)(C)/C(N)=N/O)cnn1C. The van der Waals surface area contributed by atoms with Crippen LogP contribution in [-0.2, 0) is 7.05 Å². The van der Waals surface area contributed by atoms with Crippen LogP contribution in [0.15, 0.2) is 11.4 Å². The van der Waals surface area contributed by atoms with Crippen LogP contribution in [0.25, 0.3) is 0 Å². The molecule has 0 unspecified atom stereocenters. The van der Waals surface area contributed by atoms with Gasteiger partial charge in [0.15, 0.2) is 5.84 Å². The van der Waals surface area contributed by atoms with Crippen molar-refractivity contribution in [3.63, 3.8) is 0 Å². The molecule has 0 aliphatic heterocycles. The van der Waals surface area contributed by atoms with E-state index in [-0.39, 0.29) is 11.7 Å². The van der Waals surface area contributed by atoms with Crippen LogP contribution in [0, 0.1) is 6.92 Å². The highest BCUT2D eigenvalue weighted by molar-refractivity contribution is 6.00. The van der Waals surface area contributed by atoms with E-state index in [1.165, 1.54) is 6.20 Å². The number of amides is 1. The standard InChI is InChI=1S/C10H17N5O2/c1-6-7(5-12-15(6)4)8(16)13-10(2,3)9(11)14-17/h5,17H,1-4H3,(H2,11,14)(H,13,16). The van der Waals surface area contributed by atoms with E-state index in [1.807, 2.05) is 0 Å². The molecule has 1 rings (SSSR count). The third kappa shape index (κ3) is 2.55. The number of carbonyl (C=O) groups is 1. The monoisotopic (exact) mass is 239 g/mol. The maximum atomic E-state index is 12.0. The molecule has 7 heteroatoms. The summed E-state index contributed by atoms with van der Waals surface area (Å²) in [5.41, 5.74) is 5.77. The fraction of sp³-hybridized carbons (Fsp3) is 0.500. The summed E-state index contributed by atoms with van der Waals surface area (Å²) in [5, 5.41) is 18.1. The van der Waals surface area contributed by atoms with Crippen LogP contribution in [0.5, 0.6) is 0 Å². The third-order valence-corrected chi connectivity index (χ3v) is 2.65. The molecule has 0 atom stereocenters. The van der Waals surface area contributed by atoms with Gasteiger partial charge in [0.25, 0.3) is 5.91 Å². The van der Waals surface area contributed by atoms with E-state index in [9.17, 15) is 4.79 Å². The molecule has 0 aliphatic rings. The molecule has 0 saturated carbocycles. The molecule has 0 saturated heterocycles. The summed E-state index contributed by atoms with van der Waals surface area (Å²) in [6, 6.07) is 0. The average Bonchev–Trinajstić information content (AvgIpc) is 2.58. The zero-order valence-electron chi connectivity index (χ0n) is 10.4. The Hall–Kier alpha value is -2.05. The first-order valence-corrected chi connectivity index (χ1v) is 5.08. The minimum atomic E-state index is -0.923. The van der Waals surface area contributed by atoms with E-state index in [0.717, 1.165) is 5.69 Å². The lowest BCUT2D eigenvalue weighted by molar-refractivity contribution is 0.0930. The zero-order chi connectivity index (χ0) is 13.2. The zero-order valence-corrected chi connectivity index (χ0v) is 10.4. The average molecular weight is 239 g/mol. The van der Waals surface area contributed by atoms with Gasteiger partial charge < -0.3 is 16.3 Å². The van der Waals surface area contributed by atoms with Gasteiger partial charge in [-0.3, -0.25) is 9.48 Å². The normalized spacial score (nSPS) is 12.6. The van der Waals surface area contributed by atoms with E-state index in [0.29, 0.717) is 5.56 Å². The van der Waals surface area contributed by atoms with Crippen LogP contribution in [0.1, 0.15) is 29.9 Å². The minimum Gasteiger partial charge on any atom is -0.409 e. The smallest absolute Gasteiger partial charge is 0.255 e. The Morgan fingerprint density at radius 2 is 2.24 bits per heavy atom. The highest BCUT2D eigenvalue weighted by Crippen LogP contribution is 2.09. The van der Waals surface area contributed by atoms with Crippen molar-refractivity contribution in [1.82, 2.24) is 15.1 Å². The summed E-state index contributed by atoms with van der Waals surface area (Å²) in [7, 11) is 1.75. The van der Waals surface area contributed by atoms with Gasteiger partial charge in [0, 0.05) is 12.7 Å². The molecule has 1 aromatic rings. The molecule has 0 radical (unpaired) electrons. The molecule has 94 valence electrons. The van der Waals surface area contributed by atoms with Gasteiger partial charge in [-0.05, 0) is 20.8 Å². The Labute approximate surface area is 99.3 Å². The molecule has 0 fully saturated rings. The second-order valence-corrected chi connectivity index (χ2v) is 4.33. The second kappa shape index (κ2) is 4.44. The molecule has 0 aliphatic carbocycles. The third-order valence-electron chi connectivity index (χ3n) is 2.65. The highest BCUT2D eigenvalue weighted by Gasteiger charge is 2.27. The fourth-order valence-corrected chi connectivity index (χ4v) is 1.26. The van der Waals surface area contributed by atoms with Crippen molar-refractivity contribution >= 4 is 11.7 Å². The summed E-state index contributed by atoms with van der Waals surface area (Å²) >= 11 is 0. The summed E-state index contributed by atoms with van der Waals surface area (Å²) in [6.07, 6.45) is 1.48. The summed E-state index contributed by atoms with van der Waals surface area (Å²) < 4.78 is 1.60. The maximum absolute atomic E-state index is 12.0. The van der Waals surface area contributed by atoms with Gasteiger partial charge in [-0.1, -0.05) is 5.16 Å². The molecule has 0 bridgehead atoms. The molecule has 1 amide bonds. The lowest BCUT2D eigenvalue weighted by atomic mass is 10.0. The number of carbonyl (C=O) groups excluding carboxylic acids is 1. The molecule has 17 heavy (non-hydrogen) atoms. The number of oxime groups is 1. The lowest BCUT2D eigenvalue weighted by Crippen LogP contribution is -2.53. The molecule has 7 nitrogen and oxygen atoms in total. The van der Waals surface area contributed by atoms with E-state index >= 15 is 0 Å². The van der Waals surface area contributed by atoms with Crippen LogP contribution in [0.2, 0.25) is 0 Å². The topological polar surface area (TPSA) is 106 Å². The quantitative estimate of drug-likeness (QED) is 0.298. The van der Waals surface area contributed by atoms with Crippen molar-refractivity contribution in [3.05, 3.63) is 17.5 Å². The molecule has 1 aromatic heterocycles. The van der Waals surface area contributed by atoms with Crippen molar-refractivity contribution in [2.75, 3.05) is 0 Å². The van der Waals surface area contributed by atoms with Gasteiger partial charge in [-0.25, -0.2) is 0 Å². The molecule has 0 aromatic carbocycles. The Morgan fingerprint density at radius 3 is 2.65 bits per heavy atom. The molecule has 0 spiro atoms. The van der Waals surface area contributed by atoms with Gasteiger partial charge in [-0.2, -0.15) is 5.10 Å². The lowest BCUT2D eigenvalue weighted by Gasteiger charge is -2.24. The predicted octanol–water partition coefficient (Wildman–Crippen LogP) is -0.0167. The van der Waals surface area contributed by atoms with Gasteiger partial charge >= 0.3 is 0 Å². The van der Waals surface area contributed by atoms with Crippen LogP contribution in [0.4, 0.5) is 0 Å². The van der Waals surface area contributed by atoms with Crippen LogP contribution in [0.3, 0.4) is 0 Å². The first-order valence-electron chi connectivity index (χ1n) is 5.08. The van der Waals surface area contributed by atoms with E-state index in [1.54, 1.807) is 32.5 Å². The Morgan fingerprint density at radius 1 is 1.65 bits per heavy atom. The van der Waals surface area contributed by atoms with Gasteiger partial charge in [0.1, 0.15) is 0 Å². The Kier molecular flexibility index (Phi) is 3.40. The van der Waals surface area contributed by atoms with Crippen LogP contribution in [-0.4, -0.2) is 32.3 Å². The molecular weight excluding hydrogens is 222 g/mol. The number of nitrogens with two attached hydrogens (primary N) is 1. The fourth-order valence-electron chi connectivity index (χ4n) is 1.26. The van der Waals surface area contributed by atoms with Crippen molar-refractivity contribution in [2.24, 2.45) is 17.9 Å². The number of aryl methyl sites for hydroxylation is 1. The van der Waals surface area contributed by atoms with Crippen molar-refractivity contribution in [3.8, 4) is 0 Å². The highest BCUT2D eigenvalue weighted by atomic mass is 16.4. The largest absolute Gasteiger partial charge is 0.409 e. The second-order valence-electron chi connectivity index (χ2n) is 4.33. The van der Waals surface area contributed by atoms with Crippen LogP contribution >= 0.6 is 0 Å². The maximum Gasteiger partial charge on any atom is 0.255 e. The molecule has 4 N–H and O–H groups in total. The van der Waals surface area contributed by atoms with Crippen molar-refractivity contribution in [2.45, 2.75) is 26.3 Å². The summed E-state index contributed by atoms with van der Waals surface area (Å²) in [4.78, 5) is 12.0. The van der Waals surface area contributed by atoms with Gasteiger partial charge in [0.2, 0.25) is 0 Å². The van der Waals surface area contributed by atoms with Crippen molar-refractivity contribution < 1.29 is 10.0 Å². The minimum absolute atomic E-state index is 0.0626. The summed E-state index contributed by atoms with van der Waals surface area (Å²) in [5.74, 6) is -0.375. The van der Waals surface area contributed by atoms with Gasteiger partial charge in [-0.15, -0.1) is 0 Å². The van der Waals surface area contributed by atoms with Gasteiger partial charge in [0.05, 0.1) is 17.3 Å². The predicted molar refractivity (Wildman–Crippen MR) is 62.9 cm³/mol. The number of nitrogens with one attached hydrogen (secondary N) is 1. The Bertz CT molecular complexity index is 461. The van der Waals surface area contributed by atoms with E-state index < -0.39 is 5.54 Å². The van der Waals surface area contributed by atoms with Crippen LogP contribution < -0.4 is 11.1 Å².